The van der Waals surface area contributed by atoms with E-state index in [1.807, 2.05) is 6.92 Å². The third kappa shape index (κ3) is 4.32. The van der Waals surface area contributed by atoms with E-state index in [1.54, 1.807) is 12.1 Å². The summed E-state index contributed by atoms with van der Waals surface area (Å²) >= 11 is 0. The van der Waals surface area contributed by atoms with Gasteiger partial charge in [0.15, 0.2) is 0 Å². The highest BCUT2D eigenvalue weighted by Crippen LogP contribution is 2.37. The number of hydrogen-bond acceptors (Lipinski definition) is 4. The second kappa shape index (κ2) is 8.29. The number of nitrogens with zero attached hydrogens (tertiary/aromatic N) is 1. The SMILES string of the molecule is CCCc1nc2c(c(-c3ccc(F)cc3)c1COC(C)=O)CCCC(=O)N2. The van der Waals surface area contributed by atoms with Crippen molar-refractivity contribution in [2.24, 2.45) is 0 Å². The molecule has 1 aliphatic rings. The van der Waals surface area contributed by atoms with Gasteiger partial charge in [-0.3, -0.25) is 9.59 Å². The van der Waals surface area contributed by atoms with Crippen molar-refractivity contribution in [3.8, 4) is 11.1 Å². The maximum absolute atomic E-state index is 13.5. The average molecular weight is 370 g/mol. The van der Waals surface area contributed by atoms with Crippen LogP contribution in [0.3, 0.4) is 0 Å². The topological polar surface area (TPSA) is 68.3 Å². The summed E-state index contributed by atoms with van der Waals surface area (Å²) in [5.74, 6) is -0.179. The van der Waals surface area contributed by atoms with E-state index in [1.165, 1.54) is 19.1 Å². The highest BCUT2D eigenvalue weighted by molar-refractivity contribution is 5.93. The van der Waals surface area contributed by atoms with Gasteiger partial charge in [-0.2, -0.15) is 0 Å². The molecule has 27 heavy (non-hydrogen) atoms. The number of halogens is 1. The Hall–Kier alpha value is -2.76. The zero-order valence-electron chi connectivity index (χ0n) is 15.6. The highest BCUT2D eigenvalue weighted by atomic mass is 19.1. The molecule has 2 aromatic rings. The fourth-order valence-electron chi connectivity index (χ4n) is 3.42. The molecular weight excluding hydrogens is 347 g/mol. The Balaban J connectivity index is 2.24. The summed E-state index contributed by atoms with van der Waals surface area (Å²) < 4.78 is 18.8. The lowest BCUT2D eigenvalue weighted by Gasteiger charge is -2.20. The van der Waals surface area contributed by atoms with Crippen molar-refractivity contribution in [3.63, 3.8) is 0 Å². The fourth-order valence-corrected chi connectivity index (χ4v) is 3.42. The van der Waals surface area contributed by atoms with Crippen molar-refractivity contribution in [2.75, 3.05) is 5.32 Å². The number of anilines is 1. The minimum absolute atomic E-state index is 0.0542. The Morgan fingerprint density at radius 1 is 1.26 bits per heavy atom. The maximum Gasteiger partial charge on any atom is 0.302 e. The molecule has 0 spiro atoms. The summed E-state index contributed by atoms with van der Waals surface area (Å²) in [6.07, 6.45) is 3.35. The van der Waals surface area contributed by atoms with Gasteiger partial charge in [0.05, 0.1) is 5.69 Å². The van der Waals surface area contributed by atoms with Crippen LogP contribution in [0.15, 0.2) is 24.3 Å². The molecule has 1 aliphatic heterocycles. The van der Waals surface area contributed by atoms with Gasteiger partial charge in [-0.1, -0.05) is 25.5 Å². The molecule has 1 aromatic heterocycles. The van der Waals surface area contributed by atoms with Crippen molar-refractivity contribution in [1.82, 2.24) is 4.98 Å². The molecule has 0 bridgehead atoms. The first-order valence-electron chi connectivity index (χ1n) is 9.23. The van der Waals surface area contributed by atoms with Crippen LogP contribution in [0.25, 0.3) is 11.1 Å². The molecule has 1 aromatic carbocycles. The second-order valence-electron chi connectivity index (χ2n) is 6.68. The van der Waals surface area contributed by atoms with Gasteiger partial charge in [0.1, 0.15) is 18.2 Å². The third-order valence-corrected chi connectivity index (χ3v) is 4.61. The smallest absolute Gasteiger partial charge is 0.302 e. The molecule has 0 radical (unpaired) electrons. The largest absolute Gasteiger partial charge is 0.461 e. The Labute approximate surface area is 158 Å². The summed E-state index contributed by atoms with van der Waals surface area (Å²) in [7, 11) is 0. The number of carbonyl (C=O) groups is 2. The van der Waals surface area contributed by atoms with Crippen LogP contribution in [0.4, 0.5) is 10.2 Å². The van der Waals surface area contributed by atoms with Crippen LogP contribution < -0.4 is 5.32 Å². The predicted octanol–water partition coefficient (Wildman–Crippen LogP) is 4.18. The quantitative estimate of drug-likeness (QED) is 0.802. The molecule has 0 aliphatic carbocycles. The molecule has 1 amide bonds. The molecule has 5 nitrogen and oxygen atoms in total. The van der Waals surface area contributed by atoms with E-state index in [0.29, 0.717) is 31.5 Å². The van der Waals surface area contributed by atoms with Crippen LogP contribution in [0, 0.1) is 5.82 Å². The summed E-state index contributed by atoms with van der Waals surface area (Å²) in [5, 5.41) is 2.90. The Morgan fingerprint density at radius 3 is 2.67 bits per heavy atom. The van der Waals surface area contributed by atoms with Crippen molar-refractivity contribution >= 4 is 17.7 Å². The average Bonchev–Trinajstić information content (AvgIpc) is 2.81. The van der Waals surface area contributed by atoms with Gasteiger partial charge in [-0.25, -0.2) is 9.37 Å². The van der Waals surface area contributed by atoms with Gasteiger partial charge in [0.2, 0.25) is 5.91 Å². The van der Waals surface area contributed by atoms with Crippen LogP contribution >= 0.6 is 0 Å². The zero-order chi connectivity index (χ0) is 19.4. The summed E-state index contributed by atoms with van der Waals surface area (Å²) in [5.41, 5.74) is 4.24. The van der Waals surface area contributed by atoms with E-state index >= 15 is 0 Å². The third-order valence-electron chi connectivity index (χ3n) is 4.61. The van der Waals surface area contributed by atoms with Crippen LogP contribution in [-0.4, -0.2) is 16.9 Å². The van der Waals surface area contributed by atoms with Gasteiger partial charge < -0.3 is 10.1 Å². The van der Waals surface area contributed by atoms with E-state index in [-0.39, 0.29) is 24.3 Å². The summed E-state index contributed by atoms with van der Waals surface area (Å²) in [6, 6.07) is 6.24. The summed E-state index contributed by atoms with van der Waals surface area (Å²) in [4.78, 5) is 28.2. The maximum atomic E-state index is 13.5. The standard InChI is InChI=1S/C21H23FN2O3/c1-3-5-18-17(12-27-13(2)25)20(14-8-10-15(22)11-9-14)16-6-4-7-19(26)24-21(16)23-18/h8-11H,3-7,12H2,1-2H3,(H,23,24,26). The number of rotatable bonds is 5. The fraction of sp³-hybridized carbons (Fsp3) is 0.381. The first-order valence-corrected chi connectivity index (χ1v) is 9.23. The number of fused-ring (bicyclic) bond motifs is 1. The number of carbonyl (C=O) groups excluding carboxylic acids is 2. The molecule has 0 unspecified atom stereocenters. The Kier molecular flexibility index (Phi) is 5.84. The van der Waals surface area contributed by atoms with Crippen molar-refractivity contribution in [3.05, 3.63) is 46.9 Å². The van der Waals surface area contributed by atoms with Crippen LogP contribution in [0.5, 0.6) is 0 Å². The second-order valence-corrected chi connectivity index (χ2v) is 6.68. The van der Waals surface area contributed by atoms with Crippen LogP contribution in [0.2, 0.25) is 0 Å². The van der Waals surface area contributed by atoms with Gasteiger partial charge in [0, 0.05) is 24.5 Å². The zero-order valence-corrected chi connectivity index (χ0v) is 15.6. The number of ether oxygens (including phenoxy) is 1. The number of benzene rings is 1. The first-order chi connectivity index (χ1) is 13.0. The minimum atomic E-state index is -0.370. The number of aryl methyl sites for hydroxylation is 1. The monoisotopic (exact) mass is 370 g/mol. The summed E-state index contributed by atoms with van der Waals surface area (Å²) in [6.45, 7) is 3.51. The first kappa shape index (κ1) is 19.0. The number of nitrogens with one attached hydrogen (secondary N) is 1. The molecule has 2 heterocycles. The molecule has 0 saturated heterocycles. The van der Waals surface area contributed by atoms with Crippen molar-refractivity contribution in [2.45, 2.75) is 52.6 Å². The number of amides is 1. The molecule has 142 valence electrons. The number of esters is 1. The number of pyridine rings is 1. The van der Waals surface area contributed by atoms with E-state index in [9.17, 15) is 14.0 Å². The Bertz CT molecular complexity index is 863. The molecule has 0 atom stereocenters. The normalized spacial score (nSPS) is 13.5. The van der Waals surface area contributed by atoms with Gasteiger partial charge in [0.25, 0.3) is 0 Å². The van der Waals surface area contributed by atoms with E-state index in [0.717, 1.165) is 34.4 Å². The minimum Gasteiger partial charge on any atom is -0.461 e. The predicted molar refractivity (Wildman–Crippen MR) is 101 cm³/mol. The Morgan fingerprint density at radius 2 is 2.00 bits per heavy atom. The van der Waals surface area contributed by atoms with E-state index in [4.69, 9.17) is 9.72 Å². The molecule has 3 rings (SSSR count). The number of aromatic nitrogens is 1. The lowest BCUT2D eigenvalue weighted by Crippen LogP contribution is -2.14. The van der Waals surface area contributed by atoms with Crippen LogP contribution in [-0.2, 0) is 33.8 Å². The molecule has 6 heteroatoms. The van der Waals surface area contributed by atoms with E-state index in [2.05, 4.69) is 5.32 Å². The van der Waals surface area contributed by atoms with Crippen LogP contribution in [0.1, 0.15) is 49.9 Å². The molecule has 1 N–H and O–H groups in total. The van der Waals surface area contributed by atoms with Gasteiger partial charge in [-0.15, -0.1) is 0 Å². The molecular formula is C21H23FN2O3. The molecule has 0 saturated carbocycles. The van der Waals surface area contributed by atoms with Gasteiger partial charge >= 0.3 is 5.97 Å². The van der Waals surface area contributed by atoms with E-state index < -0.39 is 0 Å². The molecule has 0 fully saturated rings. The number of hydrogen-bond donors (Lipinski definition) is 1. The van der Waals surface area contributed by atoms with Gasteiger partial charge in [-0.05, 0) is 42.5 Å². The highest BCUT2D eigenvalue weighted by Gasteiger charge is 2.24. The lowest BCUT2D eigenvalue weighted by atomic mass is 9.91. The lowest BCUT2D eigenvalue weighted by molar-refractivity contribution is -0.142. The van der Waals surface area contributed by atoms with Crippen molar-refractivity contribution < 1.29 is 18.7 Å². The van der Waals surface area contributed by atoms with Crippen molar-refractivity contribution in [1.29, 1.82) is 0 Å².